The molecule has 0 saturated heterocycles. The molecule has 0 spiro atoms. The van der Waals surface area contributed by atoms with Crippen molar-refractivity contribution in [2.24, 2.45) is 14.1 Å². The topological polar surface area (TPSA) is 98.4 Å². The first-order valence-electron chi connectivity index (χ1n) is 5.64. The van der Waals surface area contributed by atoms with Crippen LogP contribution in [0.15, 0.2) is 9.59 Å². The number of ether oxygens (including phenoxy) is 1. The van der Waals surface area contributed by atoms with Crippen molar-refractivity contribution in [2.45, 2.75) is 6.42 Å². The largest absolute Gasteiger partial charge is 0.394 e. The van der Waals surface area contributed by atoms with Crippen LogP contribution in [-0.4, -0.2) is 45.8 Å². The Bertz CT molecular complexity index is 494. The third-order valence-corrected chi connectivity index (χ3v) is 2.31. The zero-order valence-corrected chi connectivity index (χ0v) is 10.5. The van der Waals surface area contributed by atoms with Crippen LogP contribution < -0.4 is 16.6 Å². The summed E-state index contributed by atoms with van der Waals surface area (Å²) in [4.78, 5) is 23.1. The zero-order chi connectivity index (χ0) is 13.5. The van der Waals surface area contributed by atoms with Gasteiger partial charge in [0.15, 0.2) is 0 Å². The van der Waals surface area contributed by atoms with Crippen molar-refractivity contribution >= 4 is 5.82 Å². The van der Waals surface area contributed by atoms with Gasteiger partial charge in [-0.3, -0.25) is 9.36 Å². The van der Waals surface area contributed by atoms with Crippen molar-refractivity contribution in [1.82, 2.24) is 14.3 Å². The molecular formula is C10H18N4O4. The van der Waals surface area contributed by atoms with Crippen LogP contribution in [0.4, 0.5) is 5.82 Å². The highest BCUT2D eigenvalue weighted by Gasteiger charge is 2.07. The molecule has 0 fully saturated rings. The fourth-order valence-corrected chi connectivity index (χ4v) is 1.36. The summed E-state index contributed by atoms with van der Waals surface area (Å²) in [6, 6.07) is 0. The number of aliphatic hydroxyl groups is 1. The molecular weight excluding hydrogens is 240 g/mol. The van der Waals surface area contributed by atoms with Crippen LogP contribution in [0.2, 0.25) is 0 Å². The van der Waals surface area contributed by atoms with E-state index in [1.807, 2.05) is 0 Å². The Hall–Kier alpha value is -1.67. The van der Waals surface area contributed by atoms with E-state index in [4.69, 9.17) is 9.84 Å². The van der Waals surface area contributed by atoms with Crippen LogP contribution in [0.5, 0.6) is 0 Å². The van der Waals surface area contributed by atoms with Gasteiger partial charge in [0, 0.05) is 27.2 Å². The summed E-state index contributed by atoms with van der Waals surface area (Å²) in [7, 11) is 2.89. The Kier molecular flexibility index (Phi) is 5.53. The molecule has 8 nitrogen and oxygen atoms in total. The number of anilines is 1. The van der Waals surface area contributed by atoms with E-state index in [2.05, 4.69) is 10.4 Å². The van der Waals surface area contributed by atoms with Gasteiger partial charge in [0.25, 0.3) is 5.56 Å². The third-order valence-electron chi connectivity index (χ3n) is 2.31. The Morgan fingerprint density at radius 3 is 2.72 bits per heavy atom. The van der Waals surface area contributed by atoms with E-state index in [9.17, 15) is 9.59 Å². The van der Waals surface area contributed by atoms with Crippen LogP contribution in [-0.2, 0) is 18.8 Å². The molecule has 0 amide bonds. The molecule has 102 valence electrons. The molecule has 2 N–H and O–H groups in total. The third kappa shape index (κ3) is 3.67. The second-order valence-corrected chi connectivity index (χ2v) is 3.74. The summed E-state index contributed by atoms with van der Waals surface area (Å²) < 4.78 is 7.17. The monoisotopic (exact) mass is 258 g/mol. The summed E-state index contributed by atoms with van der Waals surface area (Å²) in [5, 5.41) is 15.2. The Labute approximate surface area is 104 Å². The smallest absolute Gasteiger partial charge is 0.346 e. The number of rotatable bonds is 7. The van der Waals surface area contributed by atoms with Crippen LogP contribution in [0.3, 0.4) is 0 Å². The molecule has 0 radical (unpaired) electrons. The summed E-state index contributed by atoms with van der Waals surface area (Å²) in [5.74, 6) is 0.141. The zero-order valence-electron chi connectivity index (χ0n) is 10.5. The molecule has 18 heavy (non-hydrogen) atoms. The number of hydrogen-bond donors (Lipinski definition) is 2. The van der Waals surface area contributed by atoms with Gasteiger partial charge in [-0.25, -0.2) is 9.48 Å². The number of aliphatic hydroxyl groups excluding tert-OH is 1. The van der Waals surface area contributed by atoms with Crippen LogP contribution in [0.25, 0.3) is 0 Å². The molecule has 1 heterocycles. The molecule has 0 atom stereocenters. The van der Waals surface area contributed by atoms with E-state index in [1.54, 1.807) is 0 Å². The highest BCUT2D eigenvalue weighted by molar-refractivity contribution is 5.29. The van der Waals surface area contributed by atoms with E-state index >= 15 is 0 Å². The molecule has 0 aliphatic heterocycles. The van der Waals surface area contributed by atoms with Gasteiger partial charge in [-0.2, -0.15) is 0 Å². The van der Waals surface area contributed by atoms with E-state index in [0.29, 0.717) is 26.2 Å². The number of hydrogen-bond acceptors (Lipinski definition) is 6. The molecule has 0 aromatic carbocycles. The lowest BCUT2D eigenvalue weighted by Gasteiger charge is -2.07. The Balaban J connectivity index is 2.53. The second kappa shape index (κ2) is 6.92. The summed E-state index contributed by atoms with van der Waals surface area (Å²) in [6.45, 7) is 1.29. The molecule has 8 heteroatoms. The minimum absolute atomic E-state index is 0.00365. The first-order chi connectivity index (χ1) is 8.57. The van der Waals surface area contributed by atoms with Crippen molar-refractivity contribution < 1.29 is 9.84 Å². The van der Waals surface area contributed by atoms with Gasteiger partial charge >= 0.3 is 5.69 Å². The van der Waals surface area contributed by atoms with Gasteiger partial charge in [0.05, 0.1) is 13.2 Å². The number of nitrogens with zero attached hydrogens (tertiary/aromatic N) is 3. The maximum absolute atomic E-state index is 11.7. The van der Waals surface area contributed by atoms with Gasteiger partial charge < -0.3 is 15.2 Å². The fraction of sp³-hybridized carbons (Fsp3) is 0.700. The van der Waals surface area contributed by atoms with E-state index in [1.165, 1.54) is 14.1 Å². The van der Waals surface area contributed by atoms with Crippen molar-refractivity contribution in [3.8, 4) is 0 Å². The Morgan fingerprint density at radius 2 is 2.06 bits per heavy atom. The van der Waals surface area contributed by atoms with Crippen molar-refractivity contribution in [1.29, 1.82) is 0 Å². The van der Waals surface area contributed by atoms with Crippen molar-refractivity contribution in [2.75, 3.05) is 31.7 Å². The van der Waals surface area contributed by atoms with Gasteiger partial charge in [-0.1, -0.05) is 0 Å². The van der Waals surface area contributed by atoms with E-state index in [-0.39, 0.29) is 12.4 Å². The lowest BCUT2D eigenvalue weighted by atomic mass is 10.4. The quantitative estimate of drug-likeness (QED) is 0.565. The molecule has 0 unspecified atom stereocenters. The summed E-state index contributed by atoms with van der Waals surface area (Å²) in [6.07, 6.45) is 0.674. The van der Waals surface area contributed by atoms with E-state index in [0.717, 1.165) is 9.25 Å². The molecule has 1 aromatic rings. The first kappa shape index (κ1) is 14.4. The molecule has 0 bridgehead atoms. The molecule has 0 saturated carbocycles. The molecule has 1 rings (SSSR count). The van der Waals surface area contributed by atoms with Gasteiger partial charge in [-0.05, 0) is 6.42 Å². The minimum atomic E-state index is -0.461. The standard InChI is InChI=1S/C10H18N4O4/c1-13-9(16)8(12-14(2)10(13)17)11-4-3-6-18-7-5-15/h15H,3-7H2,1-2H3,(H,11,12). The van der Waals surface area contributed by atoms with Gasteiger partial charge in [0.1, 0.15) is 0 Å². The van der Waals surface area contributed by atoms with Crippen molar-refractivity contribution in [3.05, 3.63) is 20.8 Å². The predicted molar refractivity (Wildman–Crippen MR) is 65.7 cm³/mol. The second-order valence-electron chi connectivity index (χ2n) is 3.74. The number of aromatic nitrogens is 3. The summed E-state index contributed by atoms with van der Waals surface area (Å²) >= 11 is 0. The molecule has 1 aromatic heterocycles. The fourth-order valence-electron chi connectivity index (χ4n) is 1.36. The number of nitrogens with one attached hydrogen (secondary N) is 1. The molecule has 0 aliphatic rings. The normalized spacial score (nSPS) is 10.6. The summed E-state index contributed by atoms with van der Waals surface area (Å²) in [5.41, 5.74) is -0.911. The van der Waals surface area contributed by atoms with Crippen LogP contribution in [0, 0.1) is 0 Å². The predicted octanol–water partition coefficient (Wildman–Crippen LogP) is -1.71. The van der Waals surface area contributed by atoms with Gasteiger partial charge in [0.2, 0.25) is 5.82 Å². The first-order valence-corrected chi connectivity index (χ1v) is 5.64. The number of aryl methyl sites for hydroxylation is 1. The highest BCUT2D eigenvalue weighted by Crippen LogP contribution is 1.90. The van der Waals surface area contributed by atoms with Crippen LogP contribution >= 0.6 is 0 Å². The van der Waals surface area contributed by atoms with Crippen LogP contribution in [0.1, 0.15) is 6.42 Å². The average molecular weight is 258 g/mol. The van der Waals surface area contributed by atoms with Gasteiger partial charge in [-0.15, -0.1) is 5.10 Å². The SMILES string of the molecule is Cn1nc(NCCCOCCO)c(=O)n(C)c1=O. The van der Waals surface area contributed by atoms with Crippen molar-refractivity contribution in [3.63, 3.8) is 0 Å². The maximum atomic E-state index is 11.7. The highest BCUT2D eigenvalue weighted by atomic mass is 16.5. The lowest BCUT2D eigenvalue weighted by Crippen LogP contribution is -2.40. The average Bonchev–Trinajstić information content (AvgIpc) is 2.37. The maximum Gasteiger partial charge on any atom is 0.346 e. The lowest BCUT2D eigenvalue weighted by molar-refractivity contribution is 0.0921. The Morgan fingerprint density at radius 1 is 1.33 bits per heavy atom. The molecule has 0 aliphatic carbocycles. The minimum Gasteiger partial charge on any atom is -0.394 e. The van der Waals surface area contributed by atoms with E-state index < -0.39 is 11.2 Å².